The molecule has 6 heteroatoms. The van der Waals surface area contributed by atoms with Crippen molar-refractivity contribution < 1.29 is 13.6 Å². The van der Waals surface area contributed by atoms with Crippen molar-refractivity contribution >= 4 is 5.91 Å². The Balaban J connectivity index is 1.74. The number of carbonyl (C=O) groups excluding carboxylic acids is 1. The number of nitrogens with zero attached hydrogens (tertiary/aromatic N) is 2. The molecule has 1 aliphatic heterocycles. The number of likely N-dealkylation sites (tertiary alicyclic amines) is 1. The molecule has 0 spiro atoms. The molecule has 5 nitrogen and oxygen atoms in total. The number of amides is 1. The molecule has 0 radical (unpaired) electrons. The van der Waals surface area contributed by atoms with Crippen LogP contribution in [0.2, 0.25) is 0 Å². The number of likely N-dealkylation sites (N-methyl/N-ethyl adjacent to an activating group) is 1. The maximum atomic E-state index is 13.7. The van der Waals surface area contributed by atoms with Crippen LogP contribution in [-0.2, 0) is 11.2 Å². The lowest BCUT2D eigenvalue weighted by Gasteiger charge is -2.23. The number of aryl methyl sites for hydroxylation is 1. The Morgan fingerprint density at radius 3 is 2.88 bits per heavy atom. The maximum absolute atomic E-state index is 13.7. The SMILES string of the molecule is CNC[C@@H]1C[C@H](F)CN1C(=O)Cc1nc(-c2ccccc2)oc1C. The molecule has 0 bridgehead atoms. The molecule has 1 amide bonds. The molecule has 128 valence electrons. The van der Waals surface area contributed by atoms with Gasteiger partial charge in [-0.2, -0.15) is 0 Å². The van der Waals surface area contributed by atoms with Crippen LogP contribution >= 0.6 is 0 Å². The Morgan fingerprint density at radius 2 is 2.17 bits per heavy atom. The third kappa shape index (κ3) is 3.48. The lowest BCUT2D eigenvalue weighted by molar-refractivity contribution is -0.131. The fourth-order valence-electron chi connectivity index (χ4n) is 3.14. The fraction of sp³-hybridized carbons (Fsp3) is 0.444. The van der Waals surface area contributed by atoms with Crippen LogP contribution in [-0.4, -0.2) is 48.1 Å². The molecule has 1 aromatic heterocycles. The zero-order valence-electron chi connectivity index (χ0n) is 14.0. The Kier molecular flexibility index (Phi) is 4.94. The molecule has 1 saturated heterocycles. The van der Waals surface area contributed by atoms with Gasteiger partial charge in [0.1, 0.15) is 11.9 Å². The lowest BCUT2D eigenvalue weighted by atomic mass is 10.2. The van der Waals surface area contributed by atoms with E-state index in [1.165, 1.54) is 0 Å². The van der Waals surface area contributed by atoms with Crippen molar-refractivity contribution in [1.29, 1.82) is 0 Å². The number of alkyl halides is 1. The zero-order valence-corrected chi connectivity index (χ0v) is 14.0. The molecule has 0 saturated carbocycles. The van der Waals surface area contributed by atoms with Crippen LogP contribution in [0, 0.1) is 6.92 Å². The van der Waals surface area contributed by atoms with Crippen LogP contribution in [0.25, 0.3) is 11.5 Å². The highest BCUT2D eigenvalue weighted by Crippen LogP contribution is 2.24. The van der Waals surface area contributed by atoms with Crippen molar-refractivity contribution in [1.82, 2.24) is 15.2 Å². The number of halogens is 1. The van der Waals surface area contributed by atoms with E-state index in [4.69, 9.17) is 4.42 Å². The van der Waals surface area contributed by atoms with Crippen molar-refractivity contribution in [3.8, 4) is 11.5 Å². The predicted octanol–water partition coefficient (Wildman–Crippen LogP) is 2.35. The van der Waals surface area contributed by atoms with Crippen LogP contribution in [0.5, 0.6) is 0 Å². The van der Waals surface area contributed by atoms with Gasteiger partial charge in [-0.15, -0.1) is 0 Å². The molecule has 1 aromatic carbocycles. The quantitative estimate of drug-likeness (QED) is 0.914. The summed E-state index contributed by atoms with van der Waals surface area (Å²) in [6, 6.07) is 9.47. The van der Waals surface area contributed by atoms with Gasteiger partial charge >= 0.3 is 0 Å². The monoisotopic (exact) mass is 331 g/mol. The summed E-state index contributed by atoms with van der Waals surface area (Å²) in [5.41, 5.74) is 1.49. The van der Waals surface area contributed by atoms with Gasteiger partial charge in [0.25, 0.3) is 0 Å². The summed E-state index contributed by atoms with van der Waals surface area (Å²) in [6.07, 6.45) is -0.431. The molecular formula is C18H22FN3O2. The van der Waals surface area contributed by atoms with E-state index >= 15 is 0 Å². The van der Waals surface area contributed by atoms with Crippen molar-refractivity contribution in [3.63, 3.8) is 0 Å². The van der Waals surface area contributed by atoms with Gasteiger partial charge in [0.2, 0.25) is 11.8 Å². The van der Waals surface area contributed by atoms with Gasteiger partial charge in [0, 0.05) is 24.6 Å². The van der Waals surface area contributed by atoms with Crippen LogP contribution in [0.3, 0.4) is 0 Å². The highest BCUT2D eigenvalue weighted by Gasteiger charge is 2.35. The second-order valence-electron chi connectivity index (χ2n) is 6.16. The van der Waals surface area contributed by atoms with E-state index in [0.717, 1.165) is 5.56 Å². The van der Waals surface area contributed by atoms with Crippen LogP contribution < -0.4 is 5.32 Å². The van der Waals surface area contributed by atoms with E-state index in [9.17, 15) is 9.18 Å². The number of benzene rings is 1. The van der Waals surface area contributed by atoms with Crippen LogP contribution in [0.1, 0.15) is 17.9 Å². The molecule has 0 unspecified atom stereocenters. The van der Waals surface area contributed by atoms with Crippen molar-refractivity contribution in [3.05, 3.63) is 41.8 Å². The molecule has 2 heterocycles. The lowest BCUT2D eigenvalue weighted by Crippen LogP contribution is -2.41. The minimum atomic E-state index is -0.953. The number of aromatic nitrogens is 1. The van der Waals surface area contributed by atoms with E-state index in [0.29, 0.717) is 30.3 Å². The summed E-state index contributed by atoms with van der Waals surface area (Å²) < 4.78 is 19.4. The van der Waals surface area contributed by atoms with Crippen molar-refractivity contribution in [2.75, 3.05) is 20.1 Å². The van der Waals surface area contributed by atoms with Crippen LogP contribution in [0.4, 0.5) is 4.39 Å². The highest BCUT2D eigenvalue weighted by molar-refractivity contribution is 5.79. The normalized spacial score (nSPS) is 20.5. The number of hydrogen-bond donors (Lipinski definition) is 1. The highest BCUT2D eigenvalue weighted by atomic mass is 19.1. The third-order valence-corrected chi connectivity index (χ3v) is 4.36. The molecule has 24 heavy (non-hydrogen) atoms. The number of carbonyl (C=O) groups is 1. The van der Waals surface area contributed by atoms with Gasteiger partial charge in [0.15, 0.2) is 0 Å². The van der Waals surface area contributed by atoms with Gasteiger partial charge < -0.3 is 14.6 Å². The maximum Gasteiger partial charge on any atom is 0.229 e. The standard InChI is InChI=1S/C18H22FN3O2/c1-12-16(21-18(24-12)13-6-4-3-5-7-13)9-17(23)22-11-14(19)8-15(22)10-20-2/h3-7,14-15,20H,8-11H2,1-2H3/t14-,15-/m0/s1. The summed E-state index contributed by atoms with van der Waals surface area (Å²) in [5.74, 6) is 1.03. The van der Waals surface area contributed by atoms with Crippen molar-refractivity contribution in [2.45, 2.75) is 32.0 Å². The Hall–Kier alpha value is -2.21. The third-order valence-electron chi connectivity index (χ3n) is 4.36. The minimum absolute atomic E-state index is 0.0988. The summed E-state index contributed by atoms with van der Waals surface area (Å²) in [6.45, 7) is 2.56. The molecular weight excluding hydrogens is 309 g/mol. The minimum Gasteiger partial charge on any atom is -0.441 e. The number of rotatable bonds is 5. The summed E-state index contributed by atoms with van der Waals surface area (Å²) in [4.78, 5) is 18.7. The molecule has 1 aliphatic rings. The fourth-order valence-corrected chi connectivity index (χ4v) is 3.14. The zero-order chi connectivity index (χ0) is 17.1. The van der Waals surface area contributed by atoms with Gasteiger partial charge in [-0.25, -0.2) is 9.37 Å². The molecule has 0 aliphatic carbocycles. The first-order valence-electron chi connectivity index (χ1n) is 8.18. The van der Waals surface area contributed by atoms with E-state index in [1.807, 2.05) is 37.4 Å². The summed E-state index contributed by atoms with van der Waals surface area (Å²) in [7, 11) is 1.81. The van der Waals surface area contributed by atoms with Gasteiger partial charge in [-0.3, -0.25) is 4.79 Å². The Morgan fingerprint density at radius 1 is 1.42 bits per heavy atom. The predicted molar refractivity (Wildman–Crippen MR) is 89.3 cm³/mol. The van der Waals surface area contributed by atoms with E-state index < -0.39 is 6.17 Å². The average Bonchev–Trinajstić information content (AvgIpc) is 3.12. The van der Waals surface area contributed by atoms with Crippen LogP contribution in [0.15, 0.2) is 34.7 Å². The van der Waals surface area contributed by atoms with E-state index in [2.05, 4.69) is 10.3 Å². The largest absolute Gasteiger partial charge is 0.441 e. The van der Waals surface area contributed by atoms with Crippen molar-refractivity contribution in [2.24, 2.45) is 0 Å². The Labute approximate surface area is 140 Å². The molecule has 2 atom stereocenters. The second-order valence-corrected chi connectivity index (χ2v) is 6.16. The Bertz CT molecular complexity index is 702. The smallest absolute Gasteiger partial charge is 0.229 e. The summed E-state index contributed by atoms with van der Waals surface area (Å²) in [5, 5.41) is 3.02. The second kappa shape index (κ2) is 7.13. The first kappa shape index (κ1) is 16.6. The summed E-state index contributed by atoms with van der Waals surface area (Å²) >= 11 is 0. The van der Waals surface area contributed by atoms with Gasteiger partial charge in [-0.05, 0) is 26.1 Å². The molecule has 1 fully saturated rings. The molecule has 2 aromatic rings. The van der Waals surface area contributed by atoms with E-state index in [1.54, 1.807) is 11.8 Å². The number of oxazole rings is 1. The molecule has 3 rings (SSSR count). The van der Waals surface area contributed by atoms with Gasteiger partial charge in [-0.1, -0.05) is 18.2 Å². The van der Waals surface area contributed by atoms with Gasteiger partial charge in [0.05, 0.1) is 18.7 Å². The molecule has 1 N–H and O–H groups in total. The topological polar surface area (TPSA) is 58.4 Å². The first-order valence-corrected chi connectivity index (χ1v) is 8.18. The average molecular weight is 331 g/mol. The van der Waals surface area contributed by atoms with E-state index in [-0.39, 0.29) is 24.9 Å². The number of hydrogen-bond acceptors (Lipinski definition) is 4. The number of nitrogens with one attached hydrogen (secondary N) is 1. The first-order chi connectivity index (χ1) is 11.6.